The molecule has 1 saturated carbocycles. The van der Waals surface area contributed by atoms with Crippen molar-refractivity contribution in [2.24, 2.45) is 0 Å². The smallest absolute Gasteiger partial charge is 0.471 e. The minimum absolute atomic E-state index is 0.109. The van der Waals surface area contributed by atoms with Crippen molar-refractivity contribution in [2.75, 3.05) is 37.4 Å². The average molecular weight is 736 g/mol. The predicted molar refractivity (Wildman–Crippen MR) is 193 cm³/mol. The van der Waals surface area contributed by atoms with Crippen molar-refractivity contribution in [3.05, 3.63) is 90.3 Å². The van der Waals surface area contributed by atoms with E-state index >= 15 is 0 Å². The maximum atomic E-state index is 13.6. The van der Waals surface area contributed by atoms with Gasteiger partial charge in [0, 0.05) is 44.7 Å². The second-order valence-corrected chi connectivity index (χ2v) is 13.1. The van der Waals surface area contributed by atoms with Crippen LogP contribution in [0.1, 0.15) is 55.5 Å². The lowest BCUT2D eigenvalue weighted by molar-refractivity contribution is -0.190. The number of hydrogen-bond donors (Lipinski definition) is 4. The largest absolute Gasteiger partial charge is 0.497 e. The van der Waals surface area contributed by atoms with Gasteiger partial charge in [0.2, 0.25) is 5.95 Å². The number of nitrogens with zero attached hydrogens (tertiary/aromatic N) is 7. The van der Waals surface area contributed by atoms with Crippen LogP contribution in [0.25, 0.3) is 11.2 Å². The number of hydrogen-bond acceptors (Lipinski definition) is 10. The number of aliphatic hydroxyl groups excluding tert-OH is 2. The van der Waals surface area contributed by atoms with Gasteiger partial charge in [0.15, 0.2) is 17.0 Å². The summed E-state index contributed by atoms with van der Waals surface area (Å²) < 4.78 is 49.6. The Labute approximate surface area is 304 Å². The Morgan fingerprint density at radius 3 is 2.40 bits per heavy atom. The van der Waals surface area contributed by atoms with Crippen molar-refractivity contribution in [3.63, 3.8) is 0 Å². The number of imidazole rings is 2. The Morgan fingerprint density at radius 1 is 1.00 bits per heavy atom. The summed E-state index contributed by atoms with van der Waals surface area (Å²) in [5.74, 6) is -0.786. The third-order valence-electron chi connectivity index (χ3n) is 9.68. The Balaban J connectivity index is 1.34. The molecule has 3 heterocycles. The number of aliphatic hydroxyl groups is 2. The number of halogens is 3. The fraction of sp³-hybridized carbons (Fsp3) is 0.432. The maximum Gasteiger partial charge on any atom is 0.471 e. The molecule has 1 fully saturated rings. The number of nitrogens with one attached hydrogen (secondary N) is 2. The standard InChI is InChI=1S/C37H44F3N9O4/c1-4-17-48(35(52)37(38,39)40)28-18-29(32(51)31(28)50)49-22-44-30-33(45-36(46-34(30)49)41-16-15-25-20-47(5-2)21-43-25)42-19-27(23-9-7-6-8-10-23)24-11-13-26(53-3)14-12-24/h6-14,20-22,27-29,31-32,50-51H,4-5,15-19H2,1-3H3,(H2,41,42,45,46)/t27?,28-,29+,31+,32-/m0/s1. The van der Waals surface area contributed by atoms with Gasteiger partial charge in [-0.25, -0.2) is 9.97 Å². The van der Waals surface area contributed by atoms with Gasteiger partial charge in [-0.2, -0.15) is 23.1 Å². The van der Waals surface area contributed by atoms with Gasteiger partial charge in [0.05, 0.1) is 37.5 Å². The zero-order chi connectivity index (χ0) is 37.7. The average Bonchev–Trinajstić information content (AvgIpc) is 3.88. The topological polar surface area (TPSA) is 155 Å². The van der Waals surface area contributed by atoms with Gasteiger partial charge in [-0.1, -0.05) is 49.4 Å². The molecule has 1 aliphatic carbocycles. The number of aryl methyl sites for hydroxylation is 1. The van der Waals surface area contributed by atoms with Gasteiger partial charge in [-0.3, -0.25) is 4.79 Å². The van der Waals surface area contributed by atoms with E-state index in [4.69, 9.17) is 14.7 Å². The first-order chi connectivity index (χ1) is 25.5. The second-order valence-electron chi connectivity index (χ2n) is 13.1. The summed E-state index contributed by atoms with van der Waals surface area (Å²) in [6.07, 6.45) is -2.45. The van der Waals surface area contributed by atoms with Crippen LogP contribution in [0.5, 0.6) is 5.75 Å². The summed E-state index contributed by atoms with van der Waals surface area (Å²) in [7, 11) is 1.61. The Kier molecular flexibility index (Phi) is 11.5. The molecule has 0 saturated heterocycles. The number of carbonyl (C=O) groups is 1. The van der Waals surface area contributed by atoms with Gasteiger partial charge in [-0.15, -0.1) is 0 Å². The van der Waals surface area contributed by atoms with E-state index < -0.39 is 36.4 Å². The monoisotopic (exact) mass is 735 g/mol. The van der Waals surface area contributed by atoms with Crippen molar-refractivity contribution < 1.29 is 32.9 Å². The number of alkyl halides is 3. The van der Waals surface area contributed by atoms with Crippen LogP contribution in [0, 0.1) is 0 Å². The number of aromatic nitrogens is 6. The van der Waals surface area contributed by atoms with Gasteiger partial charge < -0.3 is 39.6 Å². The highest BCUT2D eigenvalue weighted by atomic mass is 19.4. The summed E-state index contributed by atoms with van der Waals surface area (Å²) in [4.78, 5) is 31.6. The summed E-state index contributed by atoms with van der Waals surface area (Å²) in [6, 6.07) is 15.6. The number of amides is 1. The second kappa shape index (κ2) is 16.2. The molecule has 0 bridgehead atoms. The van der Waals surface area contributed by atoms with E-state index in [1.165, 1.54) is 6.33 Å². The number of anilines is 2. The van der Waals surface area contributed by atoms with Gasteiger partial charge in [0.1, 0.15) is 18.0 Å². The summed E-state index contributed by atoms with van der Waals surface area (Å²) in [5.41, 5.74) is 3.63. The molecule has 1 unspecified atom stereocenters. The molecule has 0 radical (unpaired) electrons. The fourth-order valence-electron chi connectivity index (χ4n) is 6.91. The summed E-state index contributed by atoms with van der Waals surface area (Å²) in [5, 5.41) is 29.0. The molecule has 4 N–H and O–H groups in total. The molecule has 1 amide bonds. The van der Waals surface area contributed by atoms with E-state index in [0.29, 0.717) is 41.4 Å². The minimum atomic E-state index is -5.13. The van der Waals surface area contributed by atoms with Crippen LogP contribution in [0.3, 0.4) is 0 Å². The van der Waals surface area contributed by atoms with Gasteiger partial charge in [-0.05, 0) is 43.0 Å². The van der Waals surface area contributed by atoms with Crippen LogP contribution in [0.15, 0.2) is 73.4 Å². The molecular weight excluding hydrogens is 691 g/mol. The van der Waals surface area contributed by atoms with Crippen molar-refractivity contribution in [3.8, 4) is 5.75 Å². The molecule has 2 aromatic carbocycles. The van der Waals surface area contributed by atoms with Crippen LogP contribution in [-0.2, 0) is 17.8 Å². The van der Waals surface area contributed by atoms with E-state index in [2.05, 4.69) is 20.6 Å². The molecule has 5 aromatic rings. The van der Waals surface area contributed by atoms with Gasteiger partial charge >= 0.3 is 12.1 Å². The van der Waals surface area contributed by atoms with E-state index in [-0.39, 0.29) is 31.3 Å². The first kappa shape index (κ1) is 37.5. The van der Waals surface area contributed by atoms with E-state index in [9.17, 15) is 28.2 Å². The lowest BCUT2D eigenvalue weighted by Crippen LogP contribution is -2.51. The van der Waals surface area contributed by atoms with Crippen LogP contribution in [-0.4, -0.2) is 101 Å². The molecule has 53 heavy (non-hydrogen) atoms. The minimum Gasteiger partial charge on any atom is -0.497 e. The molecule has 0 aliphatic heterocycles. The number of rotatable bonds is 15. The van der Waals surface area contributed by atoms with Crippen LogP contribution < -0.4 is 15.4 Å². The number of fused-ring (bicyclic) bond motifs is 1. The number of benzene rings is 2. The predicted octanol–water partition coefficient (Wildman–Crippen LogP) is 4.79. The first-order valence-electron chi connectivity index (χ1n) is 17.7. The van der Waals surface area contributed by atoms with Crippen LogP contribution in [0.2, 0.25) is 0 Å². The Morgan fingerprint density at radius 2 is 1.74 bits per heavy atom. The normalized spacial score (nSPS) is 19.3. The van der Waals surface area contributed by atoms with Crippen LogP contribution >= 0.6 is 0 Å². The number of carbonyl (C=O) groups excluding carboxylic acids is 1. The number of ether oxygens (including phenoxy) is 1. The van der Waals surface area contributed by atoms with Gasteiger partial charge in [0.25, 0.3) is 0 Å². The molecule has 0 spiro atoms. The summed E-state index contributed by atoms with van der Waals surface area (Å²) in [6.45, 7) is 5.07. The molecule has 6 rings (SSSR count). The van der Waals surface area contributed by atoms with Crippen LogP contribution in [0.4, 0.5) is 24.9 Å². The fourth-order valence-corrected chi connectivity index (χ4v) is 6.91. The Bertz CT molecular complexity index is 1970. The van der Waals surface area contributed by atoms with E-state index in [1.807, 2.05) is 72.3 Å². The maximum absolute atomic E-state index is 13.6. The van der Waals surface area contributed by atoms with Crippen molar-refractivity contribution in [2.45, 2.75) is 76.0 Å². The molecule has 16 heteroatoms. The molecule has 3 aromatic heterocycles. The molecule has 1 aliphatic rings. The lowest BCUT2D eigenvalue weighted by Gasteiger charge is -2.31. The third-order valence-corrected chi connectivity index (χ3v) is 9.68. The zero-order valence-electron chi connectivity index (χ0n) is 29.7. The first-order valence-corrected chi connectivity index (χ1v) is 17.7. The molecule has 282 valence electrons. The SMILES string of the molecule is CCCN(C(=O)C(F)(F)F)[C@H]1C[C@@H](n2cnc3c(NCC(c4ccccc4)c4ccc(OC)cc4)nc(NCCc4cn(CC)cn4)nc32)[C@H](O)[C@@H]1O. The Hall–Kier alpha value is -5.22. The highest BCUT2D eigenvalue weighted by molar-refractivity contribution is 5.85. The quantitative estimate of drug-likeness (QED) is 0.118. The van der Waals surface area contributed by atoms with Crippen molar-refractivity contribution in [1.29, 1.82) is 0 Å². The molecular formula is C37H44F3N9O4. The third kappa shape index (κ3) is 8.23. The molecule has 5 atom stereocenters. The lowest BCUT2D eigenvalue weighted by atomic mass is 9.91. The van der Waals surface area contributed by atoms with Crippen molar-refractivity contribution in [1.82, 2.24) is 34.0 Å². The summed E-state index contributed by atoms with van der Waals surface area (Å²) >= 11 is 0. The van der Waals surface area contributed by atoms with E-state index in [1.54, 1.807) is 24.9 Å². The van der Waals surface area contributed by atoms with Crippen molar-refractivity contribution >= 4 is 28.8 Å². The highest BCUT2D eigenvalue weighted by Gasteiger charge is 2.51. The zero-order valence-corrected chi connectivity index (χ0v) is 29.7. The molecule has 13 nitrogen and oxygen atoms in total. The highest BCUT2D eigenvalue weighted by Crippen LogP contribution is 2.38. The number of methoxy groups -OCH3 is 1. The van der Waals surface area contributed by atoms with E-state index in [0.717, 1.165) is 29.1 Å².